The molecule has 1 saturated heterocycles. The van der Waals surface area contributed by atoms with E-state index in [0.717, 1.165) is 11.5 Å². The molecule has 0 aromatic heterocycles. The van der Waals surface area contributed by atoms with Crippen LogP contribution in [-0.4, -0.2) is 21.3 Å². The molecule has 0 spiro atoms. The molecule has 0 bridgehead atoms. The predicted molar refractivity (Wildman–Crippen MR) is 59.2 cm³/mol. The van der Waals surface area contributed by atoms with E-state index >= 15 is 0 Å². The fourth-order valence-corrected chi connectivity index (χ4v) is 1.80. The van der Waals surface area contributed by atoms with E-state index in [-0.39, 0.29) is 11.2 Å². The lowest BCUT2D eigenvalue weighted by molar-refractivity contribution is 0.136. The van der Waals surface area contributed by atoms with Crippen LogP contribution in [0.1, 0.15) is 41.0 Å². The average molecular weight is 201 g/mol. The van der Waals surface area contributed by atoms with E-state index in [0.29, 0.717) is 0 Å². The minimum Gasteiger partial charge on any atom is -0.342 e. The van der Waals surface area contributed by atoms with Crippen molar-refractivity contribution in [2.24, 2.45) is 0 Å². The van der Waals surface area contributed by atoms with E-state index < -0.39 is 0 Å². The maximum atomic E-state index is 5.26. The Morgan fingerprint density at radius 3 is 2.23 bits per heavy atom. The summed E-state index contributed by atoms with van der Waals surface area (Å²) in [7, 11) is 0. The molecular formula is C9H19N3S. The van der Waals surface area contributed by atoms with Crippen molar-refractivity contribution in [3.8, 4) is 0 Å². The van der Waals surface area contributed by atoms with Gasteiger partial charge in [0.1, 0.15) is 5.66 Å². The van der Waals surface area contributed by atoms with Crippen LogP contribution in [-0.2, 0) is 0 Å². The maximum absolute atomic E-state index is 5.26. The number of hydrogen-bond donors (Lipinski definition) is 2. The highest BCUT2D eigenvalue weighted by atomic mass is 32.1. The van der Waals surface area contributed by atoms with E-state index in [1.54, 1.807) is 0 Å². The summed E-state index contributed by atoms with van der Waals surface area (Å²) in [5.74, 6) is 0. The number of hydrazine groups is 1. The lowest BCUT2D eigenvalue weighted by Crippen LogP contribution is -2.53. The molecule has 1 unspecified atom stereocenters. The highest BCUT2D eigenvalue weighted by Crippen LogP contribution is 2.20. The van der Waals surface area contributed by atoms with Gasteiger partial charge >= 0.3 is 0 Å². The van der Waals surface area contributed by atoms with Crippen molar-refractivity contribution in [2.75, 3.05) is 0 Å². The Bertz CT molecular complexity index is 221. The molecule has 4 heteroatoms. The molecule has 0 aromatic rings. The van der Waals surface area contributed by atoms with Gasteiger partial charge in [-0.1, -0.05) is 6.92 Å². The second kappa shape index (κ2) is 3.10. The molecule has 0 amide bonds. The molecule has 76 valence electrons. The summed E-state index contributed by atoms with van der Waals surface area (Å²) in [6.07, 6.45) is 1.000. The Morgan fingerprint density at radius 1 is 1.46 bits per heavy atom. The SMILES string of the molecule is CCC1(C)NC(=S)N(C(C)(C)C)N1. The summed E-state index contributed by atoms with van der Waals surface area (Å²) in [5.41, 5.74) is 3.33. The van der Waals surface area contributed by atoms with E-state index in [1.165, 1.54) is 0 Å². The van der Waals surface area contributed by atoms with Gasteiger partial charge in [0.05, 0.1) is 5.54 Å². The van der Waals surface area contributed by atoms with Crippen molar-refractivity contribution in [2.45, 2.75) is 52.2 Å². The van der Waals surface area contributed by atoms with Crippen molar-refractivity contribution in [1.29, 1.82) is 0 Å². The molecule has 1 aliphatic rings. The first-order valence-corrected chi connectivity index (χ1v) is 5.09. The Labute approximate surface area is 85.8 Å². The third-order valence-corrected chi connectivity index (χ3v) is 2.61. The lowest BCUT2D eigenvalue weighted by Gasteiger charge is -2.33. The first kappa shape index (κ1) is 10.7. The first-order valence-electron chi connectivity index (χ1n) is 4.69. The molecular weight excluding hydrogens is 182 g/mol. The second-order valence-corrected chi connectivity index (χ2v) is 5.12. The Balaban J connectivity index is 2.79. The highest BCUT2D eigenvalue weighted by Gasteiger charge is 2.39. The van der Waals surface area contributed by atoms with E-state index in [2.05, 4.69) is 45.4 Å². The minimum absolute atomic E-state index is 0.0248. The van der Waals surface area contributed by atoms with Crippen molar-refractivity contribution in [3.05, 3.63) is 0 Å². The van der Waals surface area contributed by atoms with Gasteiger partial charge in [0.2, 0.25) is 0 Å². The molecule has 1 atom stereocenters. The van der Waals surface area contributed by atoms with Crippen LogP contribution < -0.4 is 10.7 Å². The van der Waals surface area contributed by atoms with Crippen molar-refractivity contribution < 1.29 is 0 Å². The molecule has 13 heavy (non-hydrogen) atoms. The van der Waals surface area contributed by atoms with Crippen LogP contribution in [0.3, 0.4) is 0 Å². The van der Waals surface area contributed by atoms with Crippen LogP contribution >= 0.6 is 12.2 Å². The molecule has 2 N–H and O–H groups in total. The fourth-order valence-electron chi connectivity index (χ4n) is 1.26. The topological polar surface area (TPSA) is 27.3 Å². The largest absolute Gasteiger partial charge is 0.342 e. The van der Waals surface area contributed by atoms with Crippen LogP contribution in [0.15, 0.2) is 0 Å². The number of thiocarbonyl (C=S) groups is 1. The second-order valence-electron chi connectivity index (χ2n) is 4.73. The molecule has 1 aliphatic heterocycles. The smallest absolute Gasteiger partial charge is 0.185 e. The van der Waals surface area contributed by atoms with E-state index in [4.69, 9.17) is 12.2 Å². The summed E-state index contributed by atoms with van der Waals surface area (Å²) >= 11 is 5.26. The Morgan fingerprint density at radius 2 is 2.00 bits per heavy atom. The molecule has 0 aromatic carbocycles. The zero-order valence-corrected chi connectivity index (χ0v) is 9.88. The van der Waals surface area contributed by atoms with Crippen molar-refractivity contribution >= 4 is 17.3 Å². The van der Waals surface area contributed by atoms with Crippen LogP contribution in [0.4, 0.5) is 0 Å². The maximum Gasteiger partial charge on any atom is 0.185 e. The minimum atomic E-state index is -0.0790. The summed E-state index contributed by atoms with van der Waals surface area (Å²) in [5, 5.41) is 6.09. The van der Waals surface area contributed by atoms with Gasteiger partial charge in [0.25, 0.3) is 0 Å². The number of hydrogen-bond acceptors (Lipinski definition) is 2. The fraction of sp³-hybridized carbons (Fsp3) is 0.889. The zero-order valence-electron chi connectivity index (χ0n) is 9.06. The van der Waals surface area contributed by atoms with Gasteiger partial charge in [-0.25, -0.2) is 5.43 Å². The molecule has 3 nitrogen and oxygen atoms in total. The summed E-state index contributed by atoms with van der Waals surface area (Å²) in [6.45, 7) is 10.7. The molecule has 0 saturated carbocycles. The number of nitrogens with one attached hydrogen (secondary N) is 2. The summed E-state index contributed by atoms with van der Waals surface area (Å²) in [6, 6.07) is 0. The van der Waals surface area contributed by atoms with Gasteiger partial charge in [-0.3, -0.25) is 5.01 Å². The Hall–Kier alpha value is -0.350. The quantitative estimate of drug-likeness (QED) is 0.630. The third-order valence-electron chi connectivity index (χ3n) is 2.32. The summed E-state index contributed by atoms with van der Waals surface area (Å²) in [4.78, 5) is 0. The van der Waals surface area contributed by atoms with Crippen LogP contribution in [0.25, 0.3) is 0 Å². The van der Waals surface area contributed by atoms with Gasteiger partial charge < -0.3 is 5.32 Å². The Kier molecular flexibility index (Phi) is 2.56. The molecule has 1 rings (SSSR count). The van der Waals surface area contributed by atoms with E-state index in [9.17, 15) is 0 Å². The molecule has 1 fully saturated rings. The van der Waals surface area contributed by atoms with Crippen LogP contribution in [0, 0.1) is 0 Å². The van der Waals surface area contributed by atoms with Crippen LogP contribution in [0.5, 0.6) is 0 Å². The standard InChI is InChI=1S/C9H19N3S/c1-6-9(5)10-7(13)12(11-9)8(2,3)4/h11H,6H2,1-5H3,(H,10,13). The number of rotatable bonds is 1. The first-order chi connectivity index (χ1) is 5.78. The van der Waals surface area contributed by atoms with Crippen molar-refractivity contribution in [1.82, 2.24) is 15.8 Å². The van der Waals surface area contributed by atoms with E-state index in [1.807, 2.05) is 5.01 Å². The molecule has 1 heterocycles. The zero-order chi connectivity index (χ0) is 10.3. The van der Waals surface area contributed by atoms with Gasteiger partial charge in [0, 0.05) is 0 Å². The summed E-state index contributed by atoms with van der Waals surface area (Å²) < 4.78 is 0. The molecule has 0 aliphatic carbocycles. The number of nitrogens with zero attached hydrogens (tertiary/aromatic N) is 1. The molecule has 0 radical (unpaired) electrons. The van der Waals surface area contributed by atoms with Gasteiger partial charge in [-0.05, 0) is 46.3 Å². The van der Waals surface area contributed by atoms with Gasteiger partial charge in [-0.15, -0.1) is 0 Å². The van der Waals surface area contributed by atoms with Gasteiger partial charge in [0.15, 0.2) is 5.11 Å². The average Bonchev–Trinajstić information content (AvgIpc) is 2.27. The third kappa shape index (κ3) is 2.11. The van der Waals surface area contributed by atoms with Crippen molar-refractivity contribution in [3.63, 3.8) is 0 Å². The monoisotopic (exact) mass is 201 g/mol. The predicted octanol–water partition coefficient (Wildman–Crippen LogP) is 1.61. The van der Waals surface area contributed by atoms with Gasteiger partial charge in [-0.2, -0.15) is 0 Å². The van der Waals surface area contributed by atoms with Crippen LogP contribution in [0.2, 0.25) is 0 Å². The highest BCUT2D eigenvalue weighted by molar-refractivity contribution is 7.80. The lowest BCUT2D eigenvalue weighted by atomic mass is 10.1. The normalized spacial score (nSPS) is 29.3.